The molecule has 0 amide bonds. The summed E-state index contributed by atoms with van der Waals surface area (Å²) in [5, 5.41) is 3.61. The van der Waals surface area contributed by atoms with Gasteiger partial charge in [0.25, 0.3) is 0 Å². The van der Waals surface area contributed by atoms with Gasteiger partial charge < -0.3 is 10.2 Å². The van der Waals surface area contributed by atoms with Gasteiger partial charge in [-0.15, -0.1) is 0 Å². The van der Waals surface area contributed by atoms with Crippen LogP contribution < -0.4 is 10.2 Å². The van der Waals surface area contributed by atoms with Gasteiger partial charge in [-0.3, -0.25) is 0 Å². The minimum Gasteiger partial charge on any atom is -0.372 e. The van der Waals surface area contributed by atoms with E-state index in [0.29, 0.717) is 0 Å². The molecule has 1 N–H and O–H groups in total. The molecular formula is C28H34N2. The Morgan fingerprint density at radius 2 is 1.33 bits per heavy atom. The van der Waals surface area contributed by atoms with Crippen LogP contribution in [0.5, 0.6) is 0 Å². The van der Waals surface area contributed by atoms with Crippen molar-refractivity contribution in [1.29, 1.82) is 0 Å². The second-order valence-electron chi connectivity index (χ2n) is 8.58. The minimum absolute atomic E-state index is 1.05. The molecule has 0 radical (unpaired) electrons. The molecule has 0 spiro atoms. The summed E-state index contributed by atoms with van der Waals surface area (Å²) in [7, 11) is 0. The van der Waals surface area contributed by atoms with Gasteiger partial charge in [0, 0.05) is 30.2 Å². The number of fused-ring (bicyclic) bond motifs is 3. The molecule has 0 saturated heterocycles. The molecular weight excluding hydrogens is 364 g/mol. The van der Waals surface area contributed by atoms with Gasteiger partial charge in [0.2, 0.25) is 0 Å². The Labute approximate surface area is 181 Å². The lowest BCUT2D eigenvalue weighted by Gasteiger charge is -2.25. The lowest BCUT2D eigenvalue weighted by molar-refractivity contribution is 0.678. The maximum absolute atomic E-state index is 3.61. The third kappa shape index (κ3) is 4.53. The monoisotopic (exact) mass is 398 g/mol. The van der Waals surface area contributed by atoms with Crippen molar-refractivity contribution in [2.45, 2.75) is 52.9 Å². The number of hydrogen-bond acceptors (Lipinski definition) is 2. The molecule has 0 unspecified atom stereocenters. The van der Waals surface area contributed by atoms with E-state index in [1.165, 1.54) is 59.2 Å². The van der Waals surface area contributed by atoms with Crippen molar-refractivity contribution in [2.75, 3.05) is 23.3 Å². The first-order valence-corrected chi connectivity index (χ1v) is 11.5. The summed E-state index contributed by atoms with van der Waals surface area (Å²) >= 11 is 0. The van der Waals surface area contributed by atoms with E-state index in [1.807, 2.05) is 0 Å². The molecule has 4 rings (SSSR count). The van der Waals surface area contributed by atoms with E-state index in [2.05, 4.69) is 91.7 Å². The van der Waals surface area contributed by atoms with E-state index in [0.717, 1.165) is 30.9 Å². The second-order valence-corrected chi connectivity index (χ2v) is 8.58. The summed E-state index contributed by atoms with van der Waals surface area (Å²) < 4.78 is 0. The lowest BCUT2D eigenvalue weighted by Crippen LogP contribution is -2.25. The average molecular weight is 399 g/mol. The second kappa shape index (κ2) is 9.38. The molecule has 0 saturated carbocycles. The van der Waals surface area contributed by atoms with E-state index in [4.69, 9.17) is 0 Å². The Morgan fingerprint density at radius 1 is 0.733 bits per heavy atom. The summed E-state index contributed by atoms with van der Waals surface area (Å²) in [6.07, 6.45) is 6.03. The molecule has 0 atom stereocenters. The number of rotatable bonds is 9. The normalized spacial score (nSPS) is 11.8. The molecule has 1 aliphatic rings. The van der Waals surface area contributed by atoms with Crippen molar-refractivity contribution in [1.82, 2.24) is 0 Å². The van der Waals surface area contributed by atoms with E-state index >= 15 is 0 Å². The Bertz CT molecular complexity index is 980. The zero-order chi connectivity index (χ0) is 20.9. The van der Waals surface area contributed by atoms with E-state index in [-0.39, 0.29) is 0 Å². The van der Waals surface area contributed by atoms with Crippen LogP contribution in [0.1, 0.15) is 56.2 Å². The topological polar surface area (TPSA) is 15.3 Å². The van der Waals surface area contributed by atoms with Gasteiger partial charge >= 0.3 is 0 Å². The highest BCUT2D eigenvalue weighted by molar-refractivity contribution is 5.81. The fraction of sp³-hybridized carbons (Fsp3) is 0.357. The first-order chi connectivity index (χ1) is 14.7. The van der Waals surface area contributed by atoms with Crippen LogP contribution in [-0.4, -0.2) is 13.1 Å². The van der Waals surface area contributed by atoms with Crippen molar-refractivity contribution >= 4 is 17.1 Å². The predicted molar refractivity (Wildman–Crippen MR) is 131 cm³/mol. The van der Waals surface area contributed by atoms with Gasteiger partial charge in [0.15, 0.2) is 0 Å². The maximum Gasteiger partial charge on any atom is 0.0390 e. The highest BCUT2D eigenvalue weighted by Gasteiger charge is 2.18. The van der Waals surface area contributed by atoms with E-state index in [1.54, 1.807) is 0 Å². The molecule has 2 heteroatoms. The largest absolute Gasteiger partial charge is 0.372 e. The standard InChI is InChI=1S/C28H34N2/c1-4-6-16-30(17-7-5-2)26-14-12-24(13-15-26)29-25-11-10-23-19-22-9-8-21(3)18-27(22)28(23)20-25/h8-15,18,20,29H,4-7,16-17,19H2,1-3H3. The minimum atomic E-state index is 1.05. The molecule has 0 fully saturated rings. The predicted octanol–water partition coefficient (Wildman–Crippen LogP) is 7.72. The van der Waals surface area contributed by atoms with E-state index < -0.39 is 0 Å². The third-order valence-corrected chi connectivity index (χ3v) is 6.13. The van der Waals surface area contributed by atoms with Crippen LogP contribution in [0, 0.1) is 6.92 Å². The molecule has 1 aliphatic carbocycles. The Kier molecular flexibility index (Phi) is 6.42. The fourth-order valence-electron chi connectivity index (χ4n) is 4.35. The van der Waals surface area contributed by atoms with Gasteiger partial charge in [-0.2, -0.15) is 0 Å². The SMILES string of the molecule is CCCCN(CCCC)c1ccc(Nc2ccc3c(c2)-c2cc(C)ccc2C3)cc1. The summed E-state index contributed by atoms with van der Waals surface area (Å²) in [6.45, 7) is 8.99. The van der Waals surface area contributed by atoms with Gasteiger partial charge in [0.05, 0.1) is 0 Å². The zero-order valence-electron chi connectivity index (χ0n) is 18.7. The average Bonchev–Trinajstić information content (AvgIpc) is 3.12. The first-order valence-electron chi connectivity index (χ1n) is 11.5. The summed E-state index contributed by atoms with van der Waals surface area (Å²) in [5.41, 5.74) is 10.6. The molecule has 0 aliphatic heterocycles. The molecule has 156 valence electrons. The van der Waals surface area contributed by atoms with Gasteiger partial charge in [0.1, 0.15) is 0 Å². The van der Waals surface area contributed by atoms with Crippen molar-refractivity contribution in [3.05, 3.63) is 77.4 Å². The van der Waals surface area contributed by atoms with Crippen LogP contribution in [0.15, 0.2) is 60.7 Å². The third-order valence-electron chi connectivity index (χ3n) is 6.13. The number of anilines is 3. The Morgan fingerprint density at radius 3 is 2.00 bits per heavy atom. The molecule has 0 aromatic heterocycles. The summed E-state index contributed by atoms with van der Waals surface area (Å²) in [5.74, 6) is 0. The molecule has 2 nitrogen and oxygen atoms in total. The van der Waals surface area contributed by atoms with Crippen LogP contribution in [0.4, 0.5) is 17.1 Å². The van der Waals surface area contributed by atoms with E-state index in [9.17, 15) is 0 Å². The van der Waals surface area contributed by atoms with Crippen molar-refractivity contribution in [3.8, 4) is 11.1 Å². The number of hydrogen-bond donors (Lipinski definition) is 1. The summed E-state index contributed by atoms with van der Waals surface area (Å²) in [4.78, 5) is 2.53. The highest BCUT2D eigenvalue weighted by atomic mass is 15.1. The number of nitrogens with one attached hydrogen (secondary N) is 1. The van der Waals surface area contributed by atoms with Crippen LogP contribution in [0.25, 0.3) is 11.1 Å². The molecule has 3 aromatic rings. The Balaban J connectivity index is 1.50. The zero-order valence-corrected chi connectivity index (χ0v) is 18.7. The summed E-state index contributed by atoms with van der Waals surface area (Å²) in [6, 6.07) is 22.6. The number of benzene rings is 3. The van der Waals surface area contributed by atoms with Gasteiger partial charge in [-0.1, -0.05) is 56.5 Å². The number of unbranched alkanes of at least 4 members (excludes halogenated alkanes) is 2. The Hall–Kier alpha value is -2.74. The molecule has 0 heterocycles. The molecule has 0 bridgehead atoms. The molecule has 30 heavy (non-hydrogen) atoms. The number of aryl methyl sites for hydroxylation is 1. The van der Waals surface area contributed by atoms with Crippen LogP contribution in [0.3, 0.4) is 0 Å². The number of nitrogens with zero attached hydrogens (tertiary/aromatic N) is 1. The van der Waals surface area contributed by atoms with Crippen molar-refractivity contribution in [2.24, 2.45) is 0 Å². The first kappa shape index (κ1) is 20.5. The molecule has 3 aromatic carbocycles. The van der Waals surface area contributed by atoms with Crippen LogP contribution in [0.2, 0.25) is 0 Å². The van der Waals surface area contributed by atoms with Crippen LogP contribution in [-0.2, 0) is 6.42 Å². The maximum atomic E-state index is 3.61. The highest BCUT2D eigenvalue weighted by Crippen LogP contribution is 2.39. The van der Waals surface area contributed by atoms with Gasteiger partial charge in [-0.25, -0.2) is 0 Å². The van der Waals surface area contributed by atoms with Crippen molar-refractivity contribution in [3.63, 3.8) is 0 Å². The quantitative estimate of drug-likeness (QED) is 0.310. The smallest absolute Gasteiger partial charge is 0.0390 e. The van der Waals surface area contributed by atoms with Gasteiger partial charge in [-0.05, 0) is 84.8 Å². The lowest BCUT2D eigenvalue weighted by atomic mass is 10.0. The van der Waals surface area contributed by atoms with Crippen molar-refractivity contribution < 1.29 is 0 Å². The fourth-order valence-corrected chi connectivity index (χ4v) is 4.35. The van der Waals surface area contributed by atoms with Crippen LogP contribution >= 0.6 is 0 Å².